The van der Waals surface area contributed by atoms with Gasteiger partial charge >= 0.3 is 11.4 Å². The van der Waals surface area contributed by atoms with E-state index in [1.165, 1.54) is 12.1 Å². The van der Waals surface area contributed by atoms with Crippen LogP contribution in [0.5, 0.6) is 5.75 Å². The zero-order valence-electron chi connectivity index (χ0n) is 10.7. The molecular weight excluding hydrogens is 356 g/mol. The average Bonchev–Trinajstić information content (AvgIpc) is 2.34. The first kappa shape index (κ1) is 16.8. The lowest BCUT2D eigenvalue weighted by atomic mass is 10.1. The Balaban J connectivity index is 2.98. The number of benzene rings is 2. The molecule has 0 fully saturated rings. The summed E-state index contributed by atoms with van der Waals surface area (Å²) in [7, 11) is -8.38. The van der Waals surface area contributed by atoms with Crippen molar-refractivity contribution in [2.75, 3.05) is 0 Å². The summed E-state index contributed by atoms with van der Waals surface area (Å²) in [5.41, 5.74) is 0. The highest BCUT2D eigenvalue weighted by Gasteiger charge is 2.19. The molecule has 0 heterocycles. The van der Waals surface area contributed by atoms with Crippen molar-refractivity contribution in [1.29, 1.82) is 0 Å². The summed E-state index contributed by atoms with van der Waals surface area (Å²) >= 11 is -2.75. The van der Waals surface area contributed by atoms with Crippen molar-refractivity contribution in [3.05, 3.63) is 30.3 Å². The lowest BCUT2D eigenvalue weighted by Crippen LogP contribution is -2.15. The maximum absolute atomic E-state index is 11.6. The second-order valence-corrected chi connectivity index (χ2v) is 7.86. The number of rotatable bonds is 4. The van der Waals surface area contributed by atoms with Crippen LogP contribution in [0.25, 0.3) is 10.8 Å². The molecule has 5 N–H and O–H groups in total. The molecule has 1 atom stereocenters. The number of primary sulfonamides is 2. The maximum Gasteiger partial charge on any atom is 0.357 e. The Bertz CT molecular complexity index is 983. The fourth-order valence-corrected chi connectivity index (χ4v) is 3.45. The van der Waals surface area contributed by atoms with E-state index in [9.17, 15) is 21.0 Å². The Labute approximate surface area is 128 Å². The van der Waals surface area contributed by atoms with Gasteiger partial charge in [-0.3, -0.25) is 4.55 Å². The number of hydrogen-bond acceptors (Lipinski definition) is 6. The molecule has 0 spiro atoms. The highest BCUT2D eigenvalue weighted by atomic mass is 32.2. The van der Waals surface area contributed by atoms with Crippen molar-refractivity contribution in [2.45, 2.75) is 9.79 Å². The SMILES string of the molecule is NS(=O)(=O)c1cc(OS(=O)O)c2cccc(S(N)(=O)=O)c2c1. The number of fused-ring (bicyclic) bond motifs is 1. The van der Waals surface area contributed by atoms with E-state index in [-0.39, 0.29) is 21.4 Å². The predicted octanol–water partition coefficient (Wildman–Crippen LogP) is -0.350. The van der Waals surface area contributed by atoms with Crippen LogP contribution in [0.15, 0.2) is 40.1 Å². The lowest BCUT2D eigenvalue weighted by Gasteiger charge is -2.10. The van der Waals surface area contributed by atoms with Crippen molar-refractivity contribution < 1.29 is 29.8 Å². The standard InChI is InChI=1S/C10H10N2O7S3/c11-21(15,16)6-4-8-7(9(5-6)19-20(13)14)2-1-3-10(8)22(12,17)18/h1-5H,(H,13,14)(H2,11,15,16)(H2,12,17,18). The van der Waals surface area contributed by atoms with Crippen LogP contribution in [0.4, 0.5) is 0 Å². The molecule has 9 nitrogen and oxygen atoms in total. The normalized spacial score (nSPS) is 14.0. The van der Waals surface area contributed by atoms with E-state index in [0.717, 1.165) is 18.2 Å². The third-order valence-electron chi connectivity index (χ3n) is 2.69. The van der Waals surface area contributed by atoms with Crippen LogP contribution in [-0.4, -0.2) is 25.6 Å². The Morgan fingerprint density at radius 3 is 2.14 bits per heavy atom. The monoisotopic (exact) mass is 366 g/mol. The Kier molecular flexibility index (Phi) is 4.25. The second-order valence-electron chi connectivity index (χ2n) is 4.16. The van der Waals surface area contributed by atoms with Crippen LogP contribution < -0.4 is 14.5 Å². The van der Waals surface area contributed by atoms with E-state index >= 15 is 0 Å². The minimum atomic E-state index is -4.21. The predicted molar refractivity (Wildman–Crippen MR) is 78.1 cm³/mol. The zero-order valence-corrected chi connectivity index (χ0v) is 13.1. The van der Waals surface area contributed by atoms with E-state index in [1.807, 2.05) is 0 Å². The van der Waals surface area contributed by atoms with Gasteiger partial charge in [0, 0.05) is 16.8 Å². The molecule has 0 aliphatic rings. The minimum absolute atomic E-state index is 0.0846. The molecule has 0 radical (unpaired) electrons. The number of hydrogen-bond donors (Lipinski definition) is 3. The van der Waals surface area contributed by atoms with Gasteiger partial charge in [-0.05, 0) is 12.1 Å². The number of nitrogens with two attached hydrogens (primary N) is 2. The summed E-state index contributed by atoms with van der Waals surface area (Å²) in [6.07, 6.45) is 0. The maximum atomic E-state index is 11.6. The van der Waals surface area contributed by atoms with Crippen LogP contribution in [0.2, 0.25) is 0 Å². The van der Waals surface area contributed by atoms with E-state index in [4.69, 9.17) is 14.8 Å². The van der Waals surface area contributed by atoms with Gasteiger partial charge in [0.1, 0.15) is 0 Å². The van der Waals surface area contributed by atoms with Crippen molar-refractivity contribution in [2.24, 2.45) is 10.3 Å². The molecule has 120 valence electrons. The Morgan fingerprint density at radius 1 is 1.00 bits per heavy atom. The summed E-state index contributed by atoms with van der Waals surface area (Å²) < 4.78 is 70.4. The first-order valence-corrected chi connectivity index (χ1v) is 9.54. The van der Waals surface area contributed by atoms with Gasteiger partial charge in [-0.2, -0.15) is 4.21 Å². The minimum Gasteiger partial charge on any atom is -0.379 e. The molecule has 0 aliphatic carbocycles. The van der Waals surface area contributed by atoms with Crippen LogP contribution in [0.3, 0.4) is 0 Å². The number of sulfonamides is 2. The van der Waals surface area contributed by atoms with Gasteiger partial charge in [-0.1, -0.05) is 12.1 Å². The first-order valence-electron chi connectivity index (χ1n) is 5.42. The van der Waals surface area contributed by atoms with Gasteiger partial charge in [0.2, 0.25) is 20.0 Å². The molecule has 22 heavy (non-hydrogen) atoms. The summed E-state index contributed by atoms with van der Waals surface area (Å²) in [6, 6.07) is 5.77. The summed E-state index contributed by atoms with van der Waals surface area (Å²) in [5.74, 6) is -0.326. The molecule has 2 aromatic rings. The van der Waals surface area contributed by atoms with Gasteiger partial charge in [-0.25, -0.2) is 27.1 Å². The fourth-order valence-electron chi connectivity index (χ4n) is 1.86. The molecule has 0 bridgehead atoms. The van der Waals surface area contributed by atoms with Crippen LogP contribution >= 0.6 is 0 Å². The summed E-state index contributed by atoms with van der Waals surface area (Å²) in [6.45, 7) is 0. The average molecular weight is 366 g/mol. The van der Waals surface area contributed by atoms with E-state index in [0.29, 0.717) is 0 Å². The molecule has 0 saturated carbocycles. The molecule has 0 amide bonds. The van der Waals surface area contributed by atoms with Crippen LogP contribution in [0, 0.1) is 0 Å². The third-order valence-corrected chi connectivity index (χ3v) is 4.87. The third kappa shape index (κ3) is 3.43. The molecule has 2 rings (SSSR count). The quantitative estimate of drug-likeness (QED) is 0.621. The van der Waals surface area contributed by atoms with Crippen molar-refractivity contribution in [3.8, 4) is 5.75 Å². The molecule has 0 aromatic heterocycles. The van der Waals surface area contributed by atoms with Gasteiger partial charge in [0.25, 0.3) is 0 Å². The summed E-state index contributed by atoms with van der Waals surface area (Å²) in [5, 5.41) is 10.1. The van der Waals surface area contributed by atoms with E-state index in [1.54, 1.807) is 0 Å². The van der Waals surface area contributed by atoms with E-state index in [2.05, 4.69) is 4.18 Å². The van der Waals surface area contributed by atoms with Crippen LogP contribution in [-0.2, 0) is 31.4 Å². The van der Waals surface area contributed by atoms with Gasteiger partial charge < -0.3 is 4.18 Å². The first-order chi connectivity index (χ1) is 10.00. The van der Waals surface area contributed by atoms with Crippen molar-refractivity contribution in [1.82, 2.24) is 0 Å². The van der Waals surface area contributed by atoms with E-state index < -0.39 is 36.3 Å². The highest BCUT2D eigenvalue weighted by molar-refractivity contribution is 7.89. The molecule has 12 heteroatoms. The zero-order chi connectivity index (χ0) is 16.7. The molecular formula is C10H10N2O7S3. The van der Waals surface area contributed by atoms with Crippen molar-refractivity contribution >= 4 is 42.2 Å². The smallest absolute Gasteiger partial charge is 0.357 e. The Hall–Kier alpha value is -1.57. The molecule has 2 aromatic carbocycles. The summed E-state index contributed by atoms with van der Waals surface area (Å²) in [4.78, 5) is -0.861. The second kappa shape index (κ2) is 5.57. The topological polar surface area (TPSA) is 167 Å². The van der Waals surface area contributed by atoms with Crippen molar-refractivity contribution in [3.63, 3.8) is 0 Å². The van der Waals surface area contributed by atoms with Gasteiger partial charge in [0.05, 0.1) is 9.79 Å². The Morgan fingerprint density at radius 2 is 1.64 bits per heavy atom. The van der Waals surface area contributed by atoms with Gasteiger partial charge in [0.15, 0.2) is 5.75 Å². The molecule has 1 unspecified atom stereocenters. The highest BCUT2D eigenvalue weighted by Crippen LogP contribution is 2.33. The largest absolute Gasteiger partial charge is 0.379 e. The lowest BCUT2D eigenvalue weighted by molar-refractivity contribution is 0.459. The molecule has 0 aliphatic heterocycles. The van der Waals surface area contributed by atoms with Gasteiger partial charge in [-0.15, -0.1) is 0 Å². The molecule has 0 saturated heterocycles. The fraction of sp³-hybridized carbons (Fsp3) is 0. The van der Waals surface area contributed by atoms with Crippen LogP contribution in [0.1, 0.15) is 0 Å².